The molecule has 0 aromatic carbocycles. The first kappa shape index (κ1) is 17.1. The molecule has 6 nitrogen and oxygen atoms in total. The van der Waals surface area contributed by atoms with Crippen molar-refractivity contribution in [3.8, 4) is 0 Å². The van der Waals surface area contributed by atoms with E-state index in [0.717, 1.165) is 36.1 Å². The van der Waals surface area contributed by atoms with Crippen molar-refractivity contribution < 1.29 is 14.6 Å². The first-order valence-corrected chi connectivity index (χ1v) is 8.98. The normalized spacial score (nSPS) is 14.8. The number of aryl methyl sites for hydroxylation is 2. The fraction of sp³-hybridized carbons (Fsp3) is 0.588. The molecule has 1 aliphatic rings. The second-order valence-electron chi connectivity index (χ2n) is 6.67. The first-order chi connectivity index (χ1) is 11.4. The van der Waals surface area contributed by atoms with Crippen molar-refractivity contribution in [2.24, 2.45) is 0 Å². The number of carboxylic acid groups (broad SMARTS) is 1. The molecule has 0 fully saturated rings. The van der Waals surface area contributed by atoms with Crippen molar-refractivity contribution in [2.45, 2.75) is 51.5 Å². The van der Waals surface area contributed by atoms with Crippen LogP contribution in [0.25, 0.3) is 10.2 Å². The highest BCUT2D eigenvalue weighted by molar-refractivity contribution is 7.18. The zero-order chi connectivity index (χ0) is 17.5. The number of nitrogens with zero attached hydrogens (tertiary/aromatic N) is 2. The minimum absolute atomic E-state index is 0.238. The fourth-order valence-corrected chi connectivity index (χ4v) is 4.55. The number of rotatable bonds is 5. The topological polar surface area (TPSA) is 81.4 Å². The van der Waals surface area contributed by atoms with Gasteiger partial charge in [0.1, 0.15) is 16.2 Å². The third-order valence-electron chi connectivity index (χ3n) is 4.67. The Morgan fingerprint density at radius 3 is 2.75 bits per heavy atom. The molecule has 1 aliphatic carbocycles. The van der Waals surface area contributed by atoms with Crippen LogP contribution in [0.1, 0.15) is 43.0 Å². The molecular weight excluding hydrogens is 328 g/mol. The van der Waals surface area contributed by atoms with Gasteiger partial charge in [-0.1, -0.05) is 0 Å². The van der Waals surface area contributed by atoms with Gasteiger partial charge < -0.3 is 9.84 Å². The molecule has 0 aliphatic heterocycles. The molecule has 24 heavy (non-hydrogen) atoms. The molecule has 0 radical (unpaired) electrons. The Bertz CT molecular complexity index is 850. The second-order valence-corrected chi connectivity index (χ2v) is 7.75. The summed E-state index contributed by atoms with van der Waals surface area (Å²) in [6.45, 7) is 3.47. The molecule has 0 saturated carbocycles. The third-order valence-corrected chi connectivity index (χ3v) is 5.86. The van der Waals surface area contributed by atoms with Crippen molar-refractivity contribution in [2.75, 3.05) is 13.7 Å². The SMILES string of the molecule is COCCc1nc2sc3c(c2c(=O)n1C(C)(C)C(=O)O)CCCC3. The molecule has 0 amide bonds. The third kappa shape index (κ3) is 2.65. The minimum atomic E-state index is -1.36. The first-order valence-electron chi connectivity index (χ1n) is 8.17. The molecule has 0 unspecified atom stereocenters. The molecule has 7 heteroatoms. The van der Waals surface area contributed by atoms with E-state index in [2.05, 4.69) is 4.98 Å². The maximum absolute atomic E-state index is 13.2. The fourth-order valence-electron chi connectivity index (χ4n) is 3.28. The van der Waals surface area contributed by atoms with Gasteiger partial charge in [0.25, 0.3) is 5.56 Å². The highest BCUT2D eigenvalue weighted by Gasteiger charge is 2.34. The predicted molar refractivity (Wildman–Crippen MR) is 93.1 cm³/mol. The summed E-state index contributed by atoms with van der Waals surface area (Å²) in [5, 5.41) is 10.2. The van der Waals surface area contributed by atoms with Crippen LogP contribution in [-0.4, -0.2) is 34.3 Å². The lowest BCUT2D eigenvalue weighted by Crippen LogP contribution is -2.45. The van der Waals surface area contributed by atoms with E-state index >= 15 is 0 Å². The van der Waals surface area contributed by atoms with Crippen LogP contribution in [0.5, 0.6) is 0 Å². The summed E-state index contributed by atoms with van der Waals surface area (Å²) in [6, 6.07) is 0. The number of aromatic nitrogens is 2. The molecule has 0 atom stereocenters. The van der Waals surface area contributed by atoms with Crippen LogP contribution in [0, 0.1) is 0 Å². The van der Waals surface area contributed by atoms with Gasteiger partial charge in [0.15, 0.2) is 0 Å². The van der Waals surface area contributed by atoms with Gasteiger partial charge in [-0.15, -0.1) is 11.3 Å². The number of thiophene rings is 1. The number of hydrogen-bond acceptors (Lipinski definition) is 5. The molecular formula is C17H22N2O4S. The number of ether oxygens (including phenoxy) is 1. The van der Waals surface area contributed by atoms with Gasteiger partial charge in [0, 0.05) is 18.4 Å². The smallest absolute Gasteiger partial charge is 0.329 e. The van der Waals surface area contributed by atoms with Crippen LogP contribution < -0.4 is 5.56 Å². The molecule has 130 valence electrons. The van der Waals surface area contributed by atoms with Crippen LogP contribution >= 0.6 is 11.3 Å². The number of hydrogen-bond donors (Lipinski definition) is 1. The van der Waals surface area contributed by atoms with Gasteiger partial charge >= 0.3 is 5.97 Å². The van der Waals surface area contributed by atoms with Crippen molar-refractivity contribution in [3.63, 3.8) is 0 Å². The zero-order valence-corrected chi connectivity index (χ0v) is 15.0. The molecule has 0 spiro atoms. The zero-order valence-electron chi connectivity index (χ0n) is 14.2. The molecule has 0 bridgehead atoms. The summed E-state index contributed by atoms with van der Waals surface area (Å²) in [5.41, 5.74) is -0.518. The number of methoxy groups -OCH3 is 1. The number of carbonyl (C=O) groups is 1. The highest BCUT2D eigenvalue weighted by atomic mass is 32.1. The van der Waals surface area contributed by atoms with Gasteiger partial charge in [-0.25, -0.2) is 9.78 Å². The standard InChI is InChI=1S/C17H22N2O4S/c1-17(2,16(21)22)19-12(8-9-23-3)18-14-13(15(19)20)10-6-4-5-7-11(10)24-14/h4-9H2,1-3H3,(H,21,22). The van der Waals surface area contributed by atoms with Crippen molar-refractivity contribution in [3.05, 3.63) is 26.6 Å². The van der Waals surface area contributed by atoms with E-state index < -0.39 is 11.5 Å². The highest BCUT2D eigenvalue weighted by Crippen LogP contribution is 2.34. The van der Waals surface area contributed by atoms with Crippen LogP contribution in [0.4, 0.5) is 0 Å². The molecule has 1 N–H and O–H groups in total. The summed E-state index contributed by atoms with van der Waals surface area (Å²) in [6.07, 6.45) is 4.45. The Morgan fingerprint density at radius 1 is 1.38 bits per heavy atom. The Labute approximate surface area is 144 Å². The van der Waals surface area contributed by atoms with E-state index in [-0.39, 0.29) is 5.56 Å². The maximum atomic E-state index is 13.2. The van der Waals surface area contributed by atoms with Crippen LogP contribution in [-0.2, 0) is 34.3 Å². The van der Waals surface area contributed by atoms with Crippen molar-refractivity contribution in [1.29, 1.82) is 0 Å². The summed E-state index contributed by atoms with van der Waals surface area (Å²) in [4.78, 5) is 31.6. The summed E-state index contributed by atoms with van der Waals surface area (Å²) >= 11 is 1.58. The lowest BCUT2D eigenvalue weighted by molar-refractivity contribution is -0.146. The average Bonchev–Trinajstić information content (AvgIpc) is 2.90. The van der Waals surface area contributed by atoms with Gasteiger partial charge in [-0.3, -0.25) is 9.36 Å². The minimum Gasteiger partial charge on any atom is -0.480 e. The number of carboxylic acids is 1. The molecule has 0 saturated heterocycles. The van der Waals surface area contributed by atoms with Crippen molar-refractivity contribution >= 4 is 27.5 Å². The van der Waals surface area contributed by atoms with Crippen LogP contribution in [0.2, 0.25) is 0 Å². The monoisotopic (exact) mass is 350 g/mol. The summed E-state index contributed by atoms with van der Waals surface area (Å²) in [7, 11) is 1.58. The number of aliphatic carboxylic acids is 1. The van der Waals surface area contributed by atoms with Gasteiger partial charge in [0.05, 0.1) is 12.0 Å². The summed E-state index contributed by atoms with van der Waals surface area (Å²) in [5.74, 6) is -0.575. The Kier molecular flexibility index (Phi) is 4.48. The van der Waals surface area contributed by atoms with Crippen LogP contribution in [0.15, 0.2) is 4.79 Å². The van der Waals surface area contributed by atoms with E-state index in [4.69, 9.17) is 4.74 Å². The van der Waals surface area contributed by atoms with Gasteiger partial charge in [-0.2, -0.15) is 0 Å². The molecule has 2 aromatic rings. The number of fused-ring (bicyclic) bond motifs is 3. The molecule has 2 aromatic heterocycles. The Balaban J connectivity index is 2.32. The Morgan fingerprint density at radius 2 is 2.08 bits per heavy atom. The average molecular weight is 350 g/mol. The van der Waals surface area contributed by atoms with E-state index in [0.29, 0.717) is 24.2 Å². The molecule has 2 heterocycles. The van der Waals surface area contributed by atoms with E-state index in [1.165, 1.54) is 9.44 Å². The molecule has 3 rings (SSSR count). The second kappa shape index (κ2) is 6.29. The van der Waals surface area contributed by atoms with E-state index in [1.807, 2.05) is 0 Å². The van der Waals surface area contributed by atoms with Gasteiger partial charge in [-0.05, 0) is 45.1 Å². The lowest BCUT2D eigenvalue weighted by atomic mass is 9.97. The van der Waals surface area contributed by atoms with Crippen molar-refractivity contribution in [1.82, 2.24) is 9.55 Å². The van der Waals surface area contributed by atoms with Crippen LogP contribution in [0.3, 0.4) is 0 Å². The van der Waals surface area contributed by atoms with Gasteiger partial charge in [0.2, 0.25) is 0 Å². The van der Waals surface area contributed by atoms with E-state index in [9.17, 15) is 14.7 Å². The predicted octanol–water partition coefficient (Wildman–Crippen LogP) is 2.35. The maximum Gasteiger partial charge on any atom is 0.329 e. The lowest BCUT2D eigenvalue weighted by Gasteiger charge is -2.25. The largest absolute Gasteiger partial charge is 0.480 e. The van der Waals surface area contributed by atoms with E-state index in [1.54, 1.807) is 32.3 Å². The quantitative estimate of drug-likeness (QED) is 0.895. The Hall–Kier alpha value is -1.73. The summed E-state index contributed by atoms with van der Waals surface area (Å²) < 4.78 is 6.45.